The molecule has 1 fully saturated rings. The predicted molar refractivity (Wildman–Crippen MR) is 70.9 cm³/mol. The van der Waals surface area contributed by atoms with Crippen molar-refractivity contribution in [3.05, 3.63) is 29.3 Å². The third kappa shape index (κ3) is 2.91. The molecule has 1 saturated heterocycles. The first-order valence-electron chi connectivity index (χ1n) is 6.29. The van der Waals surface area contributed by atoms with Gasteiger partial charge in [-0.25, -0.2) is 0 Å². The Kier molecular flexibility index (Phi) is 4.24. The van der Waals surface area contributed by atoms with Crippen molar-refractivity contribution in [2.75, 3.05) is 20.3 Å². The predicted octanol–water partition coefficient (Wildman–Crippen LogP) is 0.833. The van der Waals surface area contributed by atoms with E-state index >= 15 is 0 Å². The van der Waals surface area contributed by atoms with Crippen LogP contribution in [0.5, 0.6) is 5.75 Å². The summed E-state index contributed by atoms with van der Waals surface area (Å²) < 4.78 is 10.3. The minimum absolute atomic E-state index is 0.123. The summed E-state index contributed by atoms with van der Waals surface area (Å²) in [6, 6.07) is 4.59. The van der Waals surface area contributed by atoms with Crippen molar-refractivity contribution >= 4 is 11.9 Å². The molecule has 6 nitrogen and oxygen atoms in total. The van der Waals surface area contributed by atoms with E-state index in [1.165, 1.54) is 7.11 Å². The number of carboxylic acids is 1. The molecule has 0 aromatic heterocycles. The number of aliphatic carboxylic acids is 1. The van der Waals surface area contributed by atoms with Gasteiger partial charge in [0.1, 0.15) is 11.7 Å². The Bertz CT molecular complexity index is 528. The van der Waals surface area contributed by atoms with Gasteiger partial charge in [0.25, 0.3) is 5.91 Å². The second-order valence-corrected chi connectivity index (χ2v) is 4.75. The number of rotatable bonds is 4. The van der Waals surface area contributed by atoms with Crippen LogP contribution in [-0.4, -0.2) is 43.3 Å². The summed E-state index contributed by atoms with van der Waals surface area (Å²) in [6.07, 6.45) is 0. The van der Waals surface area contributed by atoms with Gasteiger partial charge in [-0.15, -0.1) is 0 Å². The Hall–Kier alpha value is -2.08. The van der Waals surface area contributed by atoms with Gasteiger partial charge < -0.3 is 19.9 Å². The Morgan fingerprint density at radius 3 is 2.80 bits per heavy atom. The van der Waals surface area contributed by atoms with Gasteiger partial charge in [-0.1, -0.05) is 6.07 Å². The number of aryl methyl sites for hydroxylation is 1. The van der Waals surface area contributed by atoms with Crippen LogP contribution < -0.4 is 10.1 Å². The quantitative estimate of drug-likeness (QED) is 0.853. The molecule has 1 heterocycles. The van der Waals surface area contributed by atoms with E-state index in [4.69, 9.17) is 14.6 Å². The van der Waals surface area contributed by atoms with E-state index in [9.17, 15) is 9.59 Å². The Morgan fingerprint density at radius 1 is 1.40 bits per heavy atom. The summed E-state index contributed by atoms with van der Waals surface area (Å²) in [4.78, 5) is 23.2. The molecular weight excluding hydrogens is 262 g/mol. The number of benzene rings is 1. The summed E-state index contributed by atoms with van der Waals surface area (Å²) in [5, 5.41) is 11.7. The van der Waals surface area contributed by atoms with Gasteiger partial charge in [0.05, 0.1) is 26.4 Å². The molecule has 2 N–H and O–H groups in total. The molecule has 1 aromatic rings. The number of carbonyl (C=O) groups is 2. The molecule has 0 aliphatic carbocycles. The van der Waals surface area contributed by atoms with Crippen LogP contribution in [0, 0.1) is 12.8 Å². The maximum Gasteiger partial charge on any atom is 0.311 e. The fraction of sp³-hybridized carbons (Fsp3) is 0.429. The lowest BCUT2D eigenvalue weighted by atomic mass is 10.0. The van der Waals surface area contributed by atoms with Crippen molar-refractivity contribution in [1.29, 1.82) is 0 Å². The fourth-order valence-electron chi connectivity index (χ4n) is 2.15. The van der Waals surface area contributed by atoms with Crippen LogP contribution in [0.1, 0.15) is 15.9 Å². The largest absolute Gasteiger partial charge is 0.496 e. The van der Waals surface area contributed by atoms with Crippen LogP contribution in [0.25, 0.3) is 0 Å². The van der Waals surface area contributed by atoms with E-state index in [1.807, 2.05) is 6.92 Å². The molecule has 1 aliphatic rings. The summed E-state index contributed by atoms with van der Waals surface area (Å²) in [5.74, 6) is -1.37. The highest BCUT2D eigenvalue weighted by Crippen LogP contribution is 2.20. The maximum atomic E-state index is 12.1. The molecule has 2 atom stereocenters. The Balaban J connectivity index is 2.10. The molecule has 0 saturated carbocycles. The smallest absolute Gasteiger partial charge is 0.311 e. The van der Waals surface area contributed by atoms with Gasteiger partial charge >= 0.3 is 5.97 Å². The third-order valence-electron chi connectivity index (χ3n) is 3.38. The van der Waals surface area contributed by atoms with Crippen LogP contribution >= 0.6 is 0 Å². The average molecular weight is 279 g/mol. The van der Waals surface area contributed by atoms with E-state index in [-0.39, 0.29) is 19.1 Å². The van der Waals surface area contributed by atoms with Gasteiger partial charge in [0.15, 0.2) is 0 Å². The molecule has 2 rings (SSSR count). The van der Waals surface area contributed by atoms with Crippen LogP contribution in [0.2, 0.25) is 0 Å². The second kappa shape index (κ2) is 5.92. The first kappa shape index (κ1) is 14.3. The zero-order chi connectivity index (χ0) is 14.7. The molecule has 1 aliphatic heterocycles. The highest BCUT2D eigenvalue weighted by atomic mass is 16.5. The van der Waals surface area contributed by atoms with E-state index in [2.05, 4.69) is 5.32 Å². The van der Waals surface area contributed by atoms with E-state index in [0.29, 0.717) is 11.3 Å². The average Bonchev–Trinajstić information content (AvgIpc) is 2.87. The first-order chi connectivity index (χ1) is 9.52. The van der Waals surface area contributed by atoms with Gasteiger partial charge in [-0.2, -0.15) is 0 Å². The molecule has 1 amide bonds. The zero-order valence-electron chi connectivity index (χ0n) is 11.4. The highest BCUT2D eigenvalue weighted by molar-refractivity contribution is 5.95. The zero-order valence-corrected chi connectivity index (χ0v) is 11.4. The van der Waals surface area contributed by atoms with Gasteiger partial charge in [0, 0.05) is 5.56 Å². The SMILES string of the molecule is COc1cc(C(=O)NC2COCC2C(=O)O)ccc1C. The van der Waals surface area contributed by atoms with Gasteiger partial charge in [-0.3, -0.25) is 9.59 Å². The number of hydrogen-bond donors (Lipinski definition) is 2. The third-order valence-corrected chi connectivity index (χ3v) is 3.38. The Labute approximate surface area is 116 Å². The van der Waals surface area contributed by atoms with Crippen molar-refractivity contribution < 1.29 is 24.2 Å². The number of hydrogen-bond acceptors (Lipinski definition) is 4. The normalized spacial score (nSPS) is 21.5. The Morgan fingerprint density at radius 2 is 2.15 bits per heavy atom. The summed E-state index contributed by atoms with van der Waals surface area (Å²) in [5.41, 5.74) is 1.36. The van der Waals surface area contributed by atoms with Crippen molar-refractivity contribution in [1.82, 2.24) is 5.32 Å². The first-order valence-corrected chi connectivity index (χ1v) is 6.29. The minimum atomic E-state index is -0.964. The van der Waals surface area contributed by atoms with Gasteiger partial charge in [0.2, 0.25) is 0 Å². The van der Waals surface area contributed by atoms with Crippen LogP contribution in [-0.2, 0) is 9.53 Å². The summed E-state index contributed by atoms with van der Waals surface area (Å²) in [6.45, 7) is 2.22. The van der Waals surface area contributed by atoms with Crippen LogP contribution in [0.3, 0.4) is 0 Å². The van der Waals surface area contributed by atoms with Gasteiger partial charge in [-0.05, 0) is 24.6 Å². The lowest BCUT2D eigenvalue weighted by Crippen LogP contribution is -2.42. The van der Waals surface area contributed by atoms with E-state index in [1.54, 1.807) is 18.2 Å². The summed E-state index contributed by atoms with van der Waals surface area (Å²) >= 11 is 0. The van der Waals surface area contributed by atoms with Crippen LogP contribution in [0.4, 0.5) is 0 Å². The topological polar surface area (TPSA) is 84.9 Å². The number of nitrogens with one attached hydrogen (secondary N) is 1. The van der Waals surface area contributed by atoms with Crippen molar-refractivity contribution in [2.24, 2.45) is 5.92 Å². The molecule has 108 valence electrons. The molecule has 1 aromatic carbocycles. The van der Waals surface area contributed by atoms with Crippen molar-refractivity contribution in [3.8, 4) is 5.75 Å². The second-order valence-electron chi connectivity index (χ2n) is 4.75. The minimum Gasteiger partial charge on any atom is -0.496 e. The standard InChI is InChI=1S/C14H17NO5/c1-8-3-4-9(5-12(8)19-2)13(16)15-11-7-20-6-10(11)14(17)18/h3-5,10-11H,6-7H2,1-2H3,(H,15,16)(H,17,18). The molecule has 20 heavy (non-hydrogen) atoms. The number of carboxylic acid groups (broad SMARTS) is 1. The van der Waals surface area contributed by atoms with Crippen LogP contribution in [0.15, 0.2) is 18.2 Å². The maximum absolute atomic E-state index is 12.1. The highest BCUT2D eigenvalue weighted by Gasteiger charge is 2.35. The fourth-order valence-corrected chi connectivity index (χ4v) is 2.15. The van der Waals surface area contributed by atoms with Crippen molar-refractivity contribution in [3.63, 3.8) is 0 Å². The van der Waals surface area contributed by atoms with E-state index < -0.39 is 17.9 Å². The number of ether oxygens (including phenoxy) is 2. The summed E-state index contributed by atoms with van der Waals surface area (Å²) in [7, 11) is 1.54. The van der Waals surface area contributed by atoms with Crippen molar-refractivity contribution in [2.45, 2.75) is 13.0 Å². The number of methoxy groups -OCH3 is 1. The molecular formula is C14H17NO5. The lowest BCUT2D eigenvalue weighted by Gasteiger charge is -2.16. The number of carbonyl (C=O) groups excluding carboxylic acids is 1. The monoisotopic (exact) mass is 279 g/mol. The number of amides is 1. The molecule has 2 unspecified atom stereocenters. The molecule has 0 spiro atoms. The molecule has 6 heteroatoms. The molecule has 0 bridgehead atoms. The van der Waals surface area contributed by atoms with E-state index in [0.717, 1.165) is 5.56 Å². The molecule has 0 radical (unpaired) electrons. The lowest BCUT2D eigenvalue weighted by molar-refractivity contribution is -0.142.